The van der Waals surface area contributed by atoms with Gasteiger partial charge in [0.15, 0.2) is 5.16 Å². The molecule has 1 aromatic heterocycles. The monoisotopic (exact) mass is 337 g/mol. The van der Waals surface area contributed by atoms with Crippen LogP contribution in [0.5, 0.6) is 0 Å². The maximum Gasteiger partial charge on any atom is 0.319 e. The van der Waals surface area contributed by atoms with E-state index in [0.29, 0.717) is 18.2 Å². The van der Waals surface area contributed by atoms with Crippen LogP contribution in [0.3, 0.4) is 0 Å². The van der Waals surface area contributed by atoms with Gasteiger partial charge in [0.2, 0.25) is 0 Å². The third-order valence-electron chi connectivity index (χ3n) is 3.75. The maximum absolute atomic E-state index is 11.7. The standard InChI is InChI=1S/C18H15N3O2S/c22-17-15(10-11-23-17)24-18-20-14-9-5-4-8-13(14)16(21-18)19-12-6-2-1-3-7-12/h1-9,15H,10-11H2,(H,19,20,21). The van der Waals surface area contributed by atoms with Crippen molar-refractivity contribution >= 4 is 40.1 Å². The van der Waals surface area contributed by atoms with Gasteiger partial charge in [0.1, 0.15) is 11.1 Å². The zero-order valence-electron chi connectivity index (χ0n) is 12.8. The van der Waals surface area contributed by atoms with Crippen molar-refractivity contribution in [2.24, 2.45) is 0 Å². The fourth-order valence-corrected chi connectivity index (χ4v) is 3.50. The van der Waals surface area contributed by atoms with Crippen LogP contribution in [0.15, 0.2) is 59.8 Å². The number of carbonyl (C=O) groups excluding carboxylic acids is 1. The third-order valence-corrected chi connectivity index (χ3v) is 4.86. The number of fused-ring (bicyclic) bond motifs is 1. The number of thioether (sulfide) groups is 1. The Kier molecular flexibility index (Phi) is 4.04. The highest BCUT2D eigenvalue weighted by Crippen LogP contribution is 2.31. The lowest BCUT2D eigenvalue weighted by molar-refractivity contribution is -0.137. The Morgan fingerprint density at radius 1 is 1.04 bits per heavy atom. The van der Waals surface area contributed by atoms with E-state index in [2.05, 4.69) is 15.3 Å². The second-order valence-electron chi connectivity index (χ2n) is 5.43. The van der Waals surface area contributed by atoms with Crippen molar-refractivity contribution in [3.63, 3.8) is 0 Å². The summed E-state index contributed by atoms with van der Waals surface area (Å²) < 4.78 is 5.02. The highest BCUT2D eigenvalue weighted by molar-refractivity contribution is 8.00. The molecule has 1 aliphatic rings. The molecule has 0 amide bonds. The lowest BCUT2D eigenvalue weighted by Gasteiger charge is -2.11. The van der Waals surface area contributed by atoms with Crippen LogP contribution in [0.2, 0.25) is 0 Å². The Hall–Kier alpha value is -2.60. The van der Waals surface area contributed by atoms with E-state index in [4.69, 9.17) is 4.74 Å². The van der Waals surface area contributed by atoms with Crippen LogP contribution in [0.1, 0.15) is 6.42 Å². The molecular formula is C18H15N3O2S. The van der Waals surface area contributed by atoms with Gasteiger partial charge in [-0.2, -0.15) is 0 Å². The van der Waals surface area contributed by atoms with Crippen molar-refractivity contribution in [3.8, 4) is 0 Å². The molecule has 1 N–H and O–H groups in total. The number of cyclic esters (lactones) is 1. The normalized spacial score (nSPS) is 17.0. The quantitative estimate of drug-likeness (QED) is 0.577. The summed E-state index contributed by atoms with van der Waals surface area (Å²) in [6.45, 7) is 0.471. The van der Waals surface area contributed by atoms with Crippen molar-refractivity contribution < 1.29 is 9.53 Å². The molecule has 0 radical (unpaired) electrons. The largest absolute Gasteiger partial charge is 0.465 e. The van der Waals surface area contributed by atoms with Crippen LogP contribution in [0.4, 0.5) is 11.5 Å². The first-order valence-electron chi connectivity index (χ1n) is 7.72. The van der Waals surface area contributed by atoms with Crippen LogP contribution in [0, 0.1) is 0 Å². The Balaban J connectivity index is 1.72. The second-order valence-corrected chi connectivity index (χ2v) is 6.60. The molecule has 5 nitrogen and oxygen atoms in total. The van der Waals surface area contributed by atoms with E-state index >= 15 is 0 Å². The Morgan fingerprint density at radius 3 is 2.62 bits per heavy atom. The molecule has 24 heavy (non-hydrogen) atoms. The number of anilines is 2. The van der Waals surface area contributed by atoms with Crippen LogP contribution < -0.4 is 5.32 Å². The maximum atomic E-state index is 11.7. The van der Waals surface area contributed by atoms with Crippen LogP contribution in [-0.4, -0.2) is 27.8 Å². The molecule has 6 heteroatoms. The number of nitrogens with zero attached hydrogens (tertiary/aromatic N) is 2. The minimum absolute atomic E-state index is 0.186. The number of aromatic nitrogens is 2. The highest BCUT2D eigenvalue weighted by Gasteiger charge is 2.28. The van der Waals surface area contributed by atoms with E-state index in [1.165, 1.54) is 11.8 Å². The van der Waals surface area contributed by atoms with E-state index in [1.807, 2.05) is 54.6 Å². The molecule has 2 aromatic carbocycles. The van der Waals surface area contributed by atoms with Gasteiger partial charge in [0, 0.05) is 17.5 Å². The molecule has 120 valence electrons. The third kappa shape index (κ3) is 3.05. The summed E-state index contributed by atoms with van der Waals surface area (Å²) in [5.74, 6) is 0.551. The number of esters is 1. The fourth-order valence-electron chi connectivity index (χ4n) is 2.57. The Labute approximate surface area is 143 Å². The van der Waals surface area contributed by atoms with Crippen molar-refractivity contribution in [1.29, 1.82) is 0 Å². The molecule has 2 heterocycles. The number of hydrogen-bond donors (Lipinski definition) is 1. The van der Waals surface area contributed by atoms with Crippen molar-refractivity contribution in [2.75, 3.05) is 11.9 Å². The van der Waals surface area contributed by atoms with Gasteiger partial charge in [-0.1, -0.05) is 42.1 Å². The minimum Gasteiger partial charge on any atom is -0.465 e. The molecule has 3 aromatic rings. The molecule has 0 saturated carbocycles. The van der Waals surface area contributed by atoms with Gasteiger partial charge in [-0.25, -0.2) is 9.97 Å². The Bertz CT molecular complexity index is 886. The predicted octanol–water partition coefficient (Wildman–Crippen LogP) is 3.78. The van der Waals surface area contributed by atoms with Gasteiger partial charge in [0.25, 0.3) is 0 Å². The number of ether oxygens (including phenoxy) is 1. The van der Waals surface area contributed by atoms with Crippen molar-refractivity contribution in [1.82, 2.24) is 9.97 Å². The first-order valence-corrected chi connectivity index (χ1v) is 8.60. The lowest BCUT2D eigenvalue weighted by Crippen LogP contribution is -2.10. The highest BCUT2D eigenvalue weighted by atomic mass is 32.2. The summed E-state index contributed by atoms with van der Waals surface area (Å²) in [6.07, 6.45) is 0.696. The molecule has 0 bridgehead atoms. The van der Waals surface area contributed by atoms with Crippen LogP contribution in [-0.2, 0) is 9.53 Å². The Morgan fingerprint density at radius 2 is 1.83 bits per heavy atom. The van der Waals surface area contributed by atoms with Gasteiger partial charge >= 0.3 is 5.97 Å². The van der Waals surface area contributed by atoms with Crippen molar-refractivity contribution in [3.05, 3.63) is 54.6 Å². The molecule has 0 aliphatic carbocycles. The topological polar surface area (TPSA) is 64.1 Å². The summed E-state index contributed by atoms with van der Waals surface area (Å²) in [7, 11) is 0. The minimum atomic E-state index is -0.226. The zero-order valence-corrected chi connectivity index (χ0v) is 13.6. The summed E-state index contributed by atoms with van der Waals surface area (Å²) in [5, 5.41) is 4.64. The van der Waals surface area contributed by atoms with E-state index in [-0.39, 0.29) is 11.2 Å². The molecule has 4 rings (SSSR count). The molecule has 1 aliphatic heterocycles. The average Bonchev–Trinajstić information content (AvgIpc) is 3.01. The van der Waals surface area contributed by atoms with Crippen LogP contribution in [0.25, 0.3) is 10.9 Å². The number of benzene rings is 2. The molecule has 1 saturated heterocycles. The van der Waals surface area contributed by atoms with Gasteiger partial charge < -0.3 is 10.1 Å². The van der Waals surface area contributed by atoms with Crippen molar-refractivity contribution in [2.45, 2.75) is 16.8 Å². The lowest BCUT2D eigenvalue weighted by atomic mass is 10.2. The van der Waals surface area contributed by atoms with E-state index in [9.17, 15) is 4.79 Å². The van der Waals surface area contributed by atoms with Crippen LogP contribution >= 0.6 is 11.8 Å². The fraction of sp³-hybridized carbons (Fsp3) is 0.167. The predicted molar refractivity (Wildman–Crippen MR) is 94.5 cm³/mol. The molecule has 1 fully saturated rings. The van der Waals surface area contributed by atoms with Gasteiger partial charge in [-0.3, -0.25) is 4.79 Å². The van der Waals surface area contributed by atoms with E-state index in [0.717, 1.165) is 22.4 Å². The number of para-hydroxylation sites is 2. The molecule has 0 spiro atoms. The average molecular weight is 337 g/mol. The first kappa shape index (κ1) is 15.0. The molecular weight excluding hydrogens is 322 g/mol. The smallest absolute Gasteiger partial charge is 0.319 e. The zero-order chi connectivity index (χ0) is 16.4. The number of nitrogens with one attached hydrogen (secondary N) is 1. The number of rotatable bonds is 4. The number of carbonyl (C=O) groups is 1. The van der Waals surface area contributed by atoms with Gasteiger partial charge in [0.05, 0.1) is 12.1 Å². The van der Waals surface area contributed by atoms with Gasteiger partial charge in [-0.15, -0.1) is 0 Å². The van der Waals surface area contributed by atoms with Gasteiger partial charge in [-0.05, 0) is 24.3 Å². The SMILES string of the molecule is O=C1OCCC1Sc1nc(Nc2ccccc2)c2ccccc2n1. The van der Waals surface area contributed by atoms with E-state index < -0.39 is 0 Å². The second kappa shape index (κ2) is 6.49. The molecule has 1 unspecified atom stereocenters. The van der Waals surface area contributed by atoms with E-state index in [1.54, 1.807) is 0 Å². The number of hydrogen-bond acceptors (Lipinski definition) is 6. The summed E-state index contributed by atoms with van der Waals surface area (Å²) in [4.78, 5) is 20.9. The first-order chi connectivity index (χ1) is 11.8. The summed E-state index contributed by atoms with van der Waals surface area (Å²) in [6, 6.07) is 17.7. The molecule has 1 atom stereocenters. The summed E-state index contributed by atoms with van der Waals surface area (Å²) in [5.41, 5.74) is 1.80. The summed E-state index contributed by atoms with van der Waals surface area (Å²) >= 11 is 1.36.